The predicted octanol–water partition coefficient (Wildman–Crippen LogP) is 4.45. The van der Waals surface area contributed by atoms with Gasteiger partial charge >= 0.3 is 0 Å². The number of rotatable bonds is 8. The third kappa shape index (κ3) is 6.66. The number of amides is 1. The van der Waals surface area contributed by atoms with E-state index >= 15 is 0 Å². The number of nitrogens with one attached hydrogen (secondary N) is 1. The summed E-state index contributed by atoms with van der Waals surface area (Å²) < 4.78 is 0. The molecular formula is C19H29ClN2OS. The van der Waals surface area contributed by atoms with Crippen LogP contribution in [0.5, 0.6) is 0 Å². The highest BCUT2D eigenvalue weighted by atomic mass is 35.5. The summed E-state index contributed by atoms with van der Waals surface area (Å²) >= 11 is 7.66. The Morgan fingerprint density at radius 3 is 2.75 bits per heavy atom. The van der Waals surface area contributed by atoms with E-state index in [2.05, 4.69) is 17.1 Å². The second-order valence-corrected chi connectivity index (χ2v) is 8.50. The van der Waals surface area contributed by atoms with Crippen molar-refractivity contribution in [1.29, 1.82) is 0 Å². The summed E-state index contributed by atoms with van der Waals surface area (Å²) in [6.07, 6.45) is 4.85. The molecule has 2 rings (SSSR count). The lowest BCUT2D eigenvalue weighted by Crippen LogP contribution is -2.34. The van der Waals surface area contributed by atoms with E-state index in [0.717, 1.165) is 36.7 Å². The molecule has 0 bridgehead atoms. The van der Waals surface area contributed by atoms with Crippen LogP contribution in [0.25, 0.3) is 0 Å². The molecule has 1 aromatic carbocycles. The average Bonchev–Trinajstić information content (AvgIpc) is 2.58. The van der Waals surface area contributed by atoms with Crippen molar-refractivity contribution in [2.75, 3.05) is 26.2 Å². The highest BCUT2D eigenvalue weighted by molar-refractivity contribution is 8.00. The van der Waals surface area contributed by atoms with Gasteiger partial charge in [-0.2, -0.15) is 0 Å². The van der Waals surface area contributed by atoms with Crippen LogP contribution in [0.1, 0.15) is 39.5 Å². The summed E-state index contributed by atoms with van der Waals surface area (Å²) in [4.78, 5) is 15.7. The molecule has 1 N–H and O–H groups in total. The third-order valence-corrected chi connectivity index (χ3v) is 6.21. The molecule has 0 aliphatic carbocycles. The number of hydrogen-bond donors (Lipinski definition) is 1. The van der Waals surface area contributed by atoms with Crippen LogP contribution in [-0.4, -0.2) is 42.2 Å². The highest BCUT2D eigenvalue weighted by Gasteiger charge is 2.16. The van der Waals surface area contributed by atoms with Crippen molar-refractivity contribution in [3.05, 3.63) is 29.3 Å². The minimum absolute atomic E-state index is 0.0896. The Balaban J connectivity index is 1.58. The molecule has 1 unspecified atom stereocenters. The molecule has 0 saturated carbocycles. The van der Waals surface area contributed by atoms with Crippen LogP contribution in [0.4, 0.5) is 0 Å². The van der Waals surface area contributed by atoms with Crippen LogP contribution in [0.3, 0.4) is 0 Å². The number of halogens is 1. The summed E-state index contributed by atoms with van der Waals surface area (Å²) in [6.45, 7) is 8.66. The minimum atomic E-state index is -0.131. The van der Waals surface area contributed by atoms with Crippen molar-refractivity contribution in [2.24, 2.45) is 5.92 Å². The molecule has 0 aromatic heterocycles. The van der Waals surface area contributed by atoms with E-state index in [0.29, 0.717) is 5.02 Å². The number of unbranched alkanes of at least 4 members (excludes halogenated alkanes) is 1. The third-order valence-electron chi connectivity index (χ3n) is 4.59. The number of likely N-dealkylation sites (tertiary alicyclic amines) is 1. The molecule has 1 aliphatic rings. The molecule has 134 valence electrons. The SMILES string of the molecule is CC1CCN(CCCCNC(=O)C(C)Sc2ccccc2Cl)CC1. The Bertz CT molecular complexity index is 518. The van der Waals surface area contributed by atoms with Gasteiger partial charge in [0.25, 0.3) is 0 Å². The van der Waals surface area contributed by atoms with Crippen LogP contribution in [-0.2, 0) is 4.79 Å². The highest BCUT2D eigenvalue weighted by Crippen LogP contribution is 2.29. The molecule has 1 heterocycles. The molecule has 1 amide bonds. The average molecular weight is 369 g/mol. The van der Waals surface area contributed by atoms with Crippen molar-refractivity contribution < 1.29 is 4.79 Å². The van der Waals surface area contributed by atoms with Gasteiger partial charge in [-0.05, 0) is 70.3 Å². The molecule has 0 spiro atoms. The molecule has 0 radical (unpaired) electrons. The molecule has 3 nitrogen and oxygen atoms in total. The maximum atomic E-state index is 12.2. The van der Waals surface area contributed by atoms with E-state index in [1.165, 1.54) is 37.7 Å². The Labute approximate surface area is 155 Å². The van der Waals surface area contributed by atoms with Crippen molar-refractivity contribution in [2.45, 2.75) is 49.7 Å². The van der Waals surface area contributed by atoms with Crippen molar-refractivity contribution in [1.82, 2.24) is 10.2 Å². The summed E-state index contributed by atoms with van der Waals surface area (Å²) in [5, 5.41) is 3.62. The van der Waals surface area contributed by atoms with Gasteiger partial charge in [0.15, 0.2) is 0 Å². The Morgan fingerprint density at radius 2 is 2.04 bits per heavy atom. The summed E-state index contributed by atoms with van der Waals surface area (Å²) in [5.74, 6) is 0.976. The van der Waals surface area contributed by atoms with Gasteiger partial charge < -0.3 is 10.2 Å². The first-order valence-electron chi connectivity index (χ1n) is 8.97. The molecule has 1 atom stereocenters. The first-order valence-corrected chi connectivity index (χ1v) is 10.2. The van der Waals surface area contributed by atoms with Gasteiger partial charge in [-0.25, -0.2) is 0 Å². The zero-order valence-electron chi connectivity index (χ0n) is 14.8. The van der Waals surface area contributed by atoms with Crippen LogP contribution < -0.4 is 5.32 Å². The molecule has 1 aliphatic heterocycles. The zero-order valence-corrected chi connectivity index (χ0v) is 16.3. The number of piperidine rings is 1. The lowest BCUT2D eigenvalue weighted by Gasteiger charge is -2.30. The minimum Gasteiger partial charge on any atom is -0.355 e. The van der Waals surface area contributed by atoms with Gasteiger partial charge in [-0.1, -0.05) is 30.7 Å². The van der Waals surface area contributed by atoms with E-state index < -0.39 is 0 Å². The predicted molar refractivity (Wildman–Crippen MR) is 104 cm³/mol. The second-order valence-electron chi connectivity index (χ2n) is 6.71. The monoisotopic (exact) mass is 368 g/mol. The normalized spacial score (nSPS) is 17.6. The van der Waals surface area contributed by atoms with E-state index in [4.69, 9.17) is 11.6 Å². The zero-order chi connectivity index (χ0) is 17.4. The second kappa shape index (κ2) is 10.3. The summed E-state index contributed by atoms with van der Waals surface area (Å²) in [6, 6.07) is 7.66. The summed E-state index contributed by atoms with van der Waals surface area (Å²) in [5.41, 5.74) is 0. The molecule has 5 heteroatoms. The standard InChI is InChI=1S/C19H29ClN2OS/c1-15-9-13-22(14-10-15)12-6-5-11-21-19(23)16(2)24-18-8-4-3-7-17(18)20/h3-4,7-8,15-16H,5-6,9-14H2,1-2H3,(H,21,23). The number of hydrogen-bond acceptors (Lipinski definition) is 3. The Morgan fingerprint density at radius 1 is 1.33 bits per heavy atom. The van der Waals surface area contributed by atoms with Gasteiger partial charge in [0.05, 0.1) is 10.3 Å². The van der Waals surface area contributed by atoms with E-state index in [1.54, 1.807) is 0 Å². The number of nitrogens with zero attached hydrogens (tertiary/aromatic N) is 1. The van der Waals surface area contributed by atoms with Crippen molar-refractivity contribution in [3.8, 4) is 0 Å². The van der Waals surface area contributed by atoms with E-state index in [-0.39, 0.29) is 11.2 Å². The number of carbonyl (C=O) groups excluding carboxylic acids is 1. The summed E-state index contributed by atoms with van der Waals surface area (Å²) in [7, 11) is 0. The number of benzene rings is 1. The first-order chi connectivity index (χ1) is 11.6. The Kier molecular flexibility index (Phi) is 8.43. The van der Waals surface area contributed by atoms with Crippen molar-refractivity contribution in [3.63, 3.8) is 0 Å². The fourth-order valence-corrected chi connectivity index (χ4v) is 4.06. The van der Waals surface area contributed by atoms with Crippen LogP contribution >= 0.6 is 23.4 Å². The smallest absolute Gasteiger partial charge is 0.233 e. The molecule has 1 aromatic rings. The number of carbonyl (C=O) groups is 1. The number of thioether (sulfide) groups is 1. The quantitative estimate of drug-likeness (QED) is 0.543. The van der Waals surface area contributed by atoms with Crippen LogP contribution in [0, 0.1) is 5.92 Å². The lowest BCUT2D eigenvalue weighted by molar-refractivity contribution is -0.120. The van der Waals surface area contributed by atoms with Gasteiger partial charge in [0, 0.05) is 11.4 Å². The van der Waals surface area contributed by atoms with E-state index in [9.17, 15) is 4.79 Å². The largest absolute Gasteiger partial charge is 0.355 e. The maximum Gasteiger partial charge on any atom is 0.233 e. The lowest BCUT2D eigenvalue weighted by atomic mass is 9.99. The first kappa shape index (κ1) is 19.6. The fourth-order valence-electron chi connectivity index (χ4n) is 2.89. The maximum absolute atomic E-state index is 12.2. The molecule has 24 heavy (non-hydrogen) atoms. The van der Waals surface area contributed by atoms with Gasteiger partial charge in [0.2, 0.25) is 5.91 Å². The van der Waals surface area contributed by atoms with Crippen molar-refractivity contribution >= 4 is 29.3 Å². The van der Waals surface area contributed by atoms with E-state index in [1.807, 2.05) is 31.2 Å². The fraction of sp³-hybridized carbons (Fsp3) is 0.632. The van der Waals surface area contributed by atoms with Gasteiger partial charge in [0.1, 0.15) is 0 Å². The Hall–Kier alpha value is -0.710. The molecular weight excluding hydrogens is 340 g/mol. The van der Waals surface area contributed by atoms with Crippen LogP contribution in [0.2, 0.25) is 5.02 Å². The van der Waals surface area contributed by atoms with Gasteiger partial charge in [-0.15, -0.1) is 11.8 Å². The van der Waals surface area contributed by atoms with Gasteiger partial charge in [-0.3, -0.25) is 4.79 Å². The topological polar surface area (TPSA) is 32.3 Å². The van der Waals surface area contributed by atoms with Crippen LogP contribution in [0.15, 0.2) is 29.2 Å². The molecule has 1 saturated heterocycles. The molecule has 1 fully saturated rings.